The summed E-state index contributed by atoms with van der Waals surface area (Å²) in [6, 6.07) is 12.8. The normalized spacial score (nSPS) is 11.2. The summed E-state index contributed by atoms with van der Waals surface area (Å²) in [4.78, 5) is 1.28. The molecule has 0 spiro atoms. The molecule has 0 amide bonds. The highest BCUT2D eigenvalue weighted by Crippen LogP contribution is 2.14. The largest absolute Gasteiger partial charge is 0.371 e. The molecule has 1 aromatic heterocycles. The van der Waals surface area contributed by atoms with E-state index >= 15 is 0 Å². The van der Waals surface area contributed by atoms with Crippen molar-refractivity contribution in [2.75, 3.05) is 13.1 Å². The van der Waals surface area contributed by atoms with Crippen LogP contribution < -0.4 is 5.32 Å². The van der Waals surface area contributed by atoms with Crippen LogP contribution in [-0.2, 0) is 24.4 Å². The van der Waals surface area contributed by atoms with Crippen LogP contribution in [0.15, 0.2) is 41.8 Å². The molecule has 2 rings (SSSR count). The van der Waals surface area contributed by atoms with E-state index in [1.807, 2.05) is 0 Å². The summed E-state index contributed by atoms with van der Waals surface area (Å²) >= 11 is 1.75. The Hall–Kier alpha value is -1.16. The van der Waals surface area contributed by atoms with Gasteiger partial charge in [-0.25, -0.2) is 0 Å². The van der Waals surface area contributed by atoms with Crippen LogP contribution in [0.5, 0.6) is 0 Å². The fourth-order valence-corrected chi connectivity index (χ4v) is 2.85. The number of hydrogen-bond acceptors (Lipinski definition) is 3. The van der Waals surface area contributed by atoms with Gasteiger partial charge in [0.05, 0.1) is 13.2 Å². The number of ether oxygens (including phenoxy) is 1. The van der Waals surface area contributed by atoms with Crippen molar-refractivity contribution in [2.24, 2.45) is 5.92 Å². The molecule has 3 heteroatoms. The molecule has 1 N–H and O–H groups in total. The smallest absolute Gasteiger partial charge is 0.0813 e. The molecule has 2 nitrogen and oxygen atoms in total. The molecular weight excluding hydrogens is 278 g/mol. The first-order valence-electron chi connectivity index (χ1n) is 7.63. The summed E-state index contributed by atoms with van der Waals surface area (Å²) in [6.07, 6.45) is 1.06. The number of rotatable bonds is 9. The maximum Gasteiger partial charge on any atom is 0.0813 e. The van der Waals surface area contributed by atoms with Crippen molar-refractivity contribution >= 4 is 11.3 Å². The Morgan fingerprint density at radius 2 is 1.86 bits per heavy atom. The Kier molecular flexibility index (Phi) is 6.93. The van der Waals surface area contributed by atoms with Crippen LogP contribution in [0, 0.1) is 5.92 Å². The van der Waals surface area contributed by atoms with Crippen LogP contribution in [0.3, 0.4) is 0 Å². The monoisotopic (exact) mass is 303 g/mol. The molecule has 0 radical (unpaired) electrons. The van der Waals surface area contributed by atoms with Gasteiger partial charge in [-0.2, -0.15) is 0 Å². The van der Waals surface area contributed by atoms with Crippen LogP contribution in [0.25, 0.3) is 0 Å². The second-order valence-electron chi connectivity index (χ2n) is 5.69. The van der Waals surface area contributed by atoms with Crippen molar-refractivity contribution in [1.82, 2.24) is 5.32 Å². The Morgan fingerprint density at radius 1 is 1.05 bits per heavy atom. The third-order valence-electron chi connectivity index (χ3n) is 3.32. The zero-order valence-electron chi connectivity index (χ0n) is 13.0. The fraction of sp³-hybridized carbons (Fsp3) is 0.444. The molecule has 0 aliphatic carbocycles. The molecule has 0 saturated heterocycles. The maximum absolute atomic E-state index is 5.84. The van der Waals surface area contributed by atoms with Gasteiger partial charge in [0.1, 0.15) is 0 Å². The topological polar surface area (TPSA) is 21.3 Å². The molecule has 21 heavy (non-hydrogen) atoms. The Bertz CT molecular complexity index is 508. The summed E-state index contributed by atoms with van der Waals surface area (Å²) < 4.78 is 5.84. The van der Waals surface area contributed by atoms with E-state index in [4.69, 9.17) is 4.74 Å². The lowest BCUT2D eigenvalue weighted by Crippen LogP contribution is -2.22. The van der Waals surface area contributed by atoms with Crippen LogP contribution in [-0.4, -0.2) is 13.1 Å². The maximum atomic E-state index is 5.84. The van der Waals surface area contributed by atoms with Crippen molar-refractivity contribution in [1.29, 1.82) is 0 Å². The zero-order valence-corrected chi connectivity index (χ0v) is 13.8. The van der Waals surface area contributed by atoms with E-state index in [0.717, 1.165) is 19.5 Å². The molecule has 0 fully saturated rings. The predicted octanol–water partition coefficient (Wildman–Crippen LogP) is 4.25. The van der Waals surface area contributed by atoms with E-state index in [-0.39, 0.29) is 0 Å². The number of benzene rings is 1. The van der Waals surface area contributed by atoms with E-state index < -0.39 is 0 Å². The van der Waals surface area contributed by atoms with Crippen LogP contribution in [0.2, 0.25) is 0 Å². The van der Waals surface area contributed by atoms with Gasteiger partial charge in [-0.05, 0) is 48.0 Å². The quantitative estimate of drug-likeness (QED) is 0.699. The molecule has 2 aromatic rings. The summed E-state index contributed by atoms with van der Waals surface area (Å²) in [5.41, 5.74) is 2.69. The van der Waals surface area contributed by atoms with Gasteiger partial charge < -0.3 is 10.1 Å². The molecule has 0 aliphatic rings. The van der Waals surface area contributed by atoms with Gasteiger partial charge in [0, 0.05) is 4.88 Å². The van der Waals surface area contributed by atoms with E-state index in [0.29, 0.717) is 19.1 Å². The zero-order chi connectivity index (χ0) is 14.9. The van der Waals surface area contributed by atoms with Crippen LogP contribution in [0.1, 0.15) is 29.9 Å². The number of thiophene rings is 1. The third-order valence-corrected chi connectivity index (χ3v) is 4.17. The van der Waals surface area contributed by atoms with Gasteiger partial charge in [0.15, 0.2) is 0 Å². The minimum absolute atomic E-state index is 0.693. The fourth-order valence-electron chi connectivity index (χ4n) is 2.21. The van der Waals surface area contributed by atoms with Gasteiger partial charge in [0.2, 0.25) is 0 Å². The first kappa shape index (κ1) is 16.2. The molecule has 0 aliphatic heterocycles. The SMILES string of the molecule is CC(C)CNCCc1ccccc1COCc1cccs1. The van der Waals surface area contributed by atoms with Gasteiger partial charge in [0.25, 0.3) is 0 Å². The average Bonchev–Trinajstić information content (AvgIpc) is 2.98. The van der Waals surface area contributed by atoms with Gasteiger partial charge >= 0.3 is 0 Å². The van der Waals surface area contributed by atoms with E-state index in [2.05, 4.69) is 60.9 Å². The van der Waals surface area contributed by atoms with Crippen LogP contribution in [0.4, 0.5) is 0 Å². The first-order valence-corrected chi connectivity index (χ1v) is 8.51. The highest BCUT2D eigenvalue weighted by atomic mass is 32.1. The number of nitrogens with one attached hydrogen (secondary N) is 1. The van der Waals surface area contributed by atoms with E-state index in [1.165, 1.54) is 16.0 Å². The van der Waals surface area contributed by atoms with Crippen molar-refractivity contribution < 1.29 is 4.74 Å². The lowest BCUT2D eigenvalue weighted by Gasteiger charge is -2.11. The van der Waals surface area contributed by atoms with E-state index in [1.54, 1.807) is 11.3 Å². The molecule has 0 saturated carbocycles. The second kappa shape index (κ2) is 8.98. The predicted molar refractivity (Wildman–Crippen MR) is 90.7 cm³/mol. The van der Waals surface area contributed by atoms with Gasteiger partial charge in [-0.1, -0.05) is 44.2 Å². The molecule has 1 heterocycles. The van der Waals surface area contributed by atoms with Gasteiger partial charge in [-0.3, -0.25) is 0 Å². The molecule has 0 unspecified atom stereocenters. The summed E-state index contributed by atoms with van der Waals surface area (Å²) in [5.74, 6) is 0.703. The number of hydrogen-bond donors (Lipinski definition) is 1. The average molecular weight is 303 g/mol. The molecule has 1 aromatic carbocycles. The van der Waals surface area contributed by atoms with Crippen molar-refractivity contribution in [3.8, 4) is 0 Å². The molecule has 0 bridgehead atoms. The molecule has 114 valence electrons. The highest BCUT2D eigenvalue weighted by Gasteiger charge is 2.03. The molecular formula is C18H25NOS. The summed E-state index contributed by atoms with van der Waals surface area (Å²) in [6.45, 7) is 7.98. The Morgan fingerprint density at radius 3 is 2.57 bits per heavy atom. The van der Waals surface area contributed by atoms with Gasteiger partial charge in [-0.15, -0.1) is 11.3 Å². The highest BCUT2D eigenvalue weighted by molar-refractivity contribution is 7.09. The standard InChI is InChI=1S/C18H25NOS/c1-15(2)12-19-10-9-16-6-3-4-7-17(16)13-20-14-18-8-5-11-21-18/h3-8,11,15,19H,9-10,12-14H2,1-2H3. The lowest BCUT2D eigenvalue weighted by molar-refractivity contribution is 0.108. The Labute approximate surface area is 132 Å². The lowest BCUT2D eigenvalue weighted by atomic mass is 10.1. The van der Waals surface area contributed by atoms with Crippen molar-refractivity contribution in [3.05, 3.63) is 57.8 Å². The summed E-state index contributed by atoms with van der Waals surface area (Å²) in [5, 5.41) is 5.59. The Balaban J connectivity index is 1.79. The first-order chi connectivity index (χ1) is 10.3. The third kappa shape index (κ3) is 6.00. The van der Waals surface area contributed by atoms with E-state index in [9.17, 15) is 0 Å². The molecule has 0 atom stereocenters. The minimum Gasteiger partial charge on any atom is -0.371 e. The second-order valence-corrected chi connectivity index (χ2v) is 6.72. The summed E-state index contributed by atoms with van der Waals surface area (Å²) in [7, 11) is 0. The van der Waals surface area contributed by atoms with Crippen molar-refractivity contribution in [3.63, 3.8) is 0 Å². The van der Waals surface area contributed by atoms with Crippen molar-refractivity contribution in [2.45, 2.75) is 33.5 Å². The van der Waals surface area contributed by atoms with Crippen LogP contribution >= 0.6 is 11.3 Å². The minimum atomic E-state index is 0.693.